The van der Waals surface area contributed by atoms with Crippen LogP contribution in [0.2, 0.25) is 0 Å². The fourth-order valence-corrected chi connectivity index (χ4v) is 3.98. The average Bonchev–Trinajstić information content (AvgIpc) is 3.11. The lowest BCUT2D eigenvalue weighted by molar-refractivity contribution is -0.131. The number of urea groups is 1. The van der Waals surface area contributed by atoms with Crippen molar-refractivity contribution < 1.29 is 9.59 Å². The zero-order chi connectivity index (χ0) is 17.9. The van der Waals surface area contributed by atoms with Gasteiger partial charge in [-0.3, -0.25) is 4.79 Å². The van der Waals surface area contributed by atoms with E-state index in [-0.39, 0.29) is 11.9 Å². The molecule has 2 fully saturated rings. The molecule has 4 rings (SSSR count). The van der Waals surface area contributed by atoms with E-state index < -0.39 is 0 Å². The molecule has 2 aromatic rings. The Balaban J connectivity index is 1.32. The van der Waals surface area contributed by atoms with Gasteiger partial charge < -0.3 is 19.7 Å². The fourth-order valence-electron chi connectivity index (χ4n) is 3.98. The molecule has 1 aromatic carbocycles. The number of aromatic amines is 1. The Morgan fingerprint density at radius 2 is 1.50 bits per heavy atom. The molecule has 0 saturated carbocycles. The molecule has 2 saturated heterocycles. The maximum Gasteiger partial charge on any atom is 0.320 e. The first-order valence-electron chi connectivity index (χ1n) is 9.59. The molecule has 6 heteroatoms. The topological polar surface area (TPSA) is 59.7 Å². The zero-order valence-corrected chi connectivity index (χ0v) is 15.1. The number of benzene rings is 1. The van der Waals surface area contributed by atoms with E-state index in [2.05, 4.69) is 4.98 Å². The summed E-state index contributed by atoms with van der Waals surface area (Å²) in [5, 5.41) is 1.11. The van der Waals surface area contributed by atoms with Crippen LogP contribution in [0.3, 0.4) is 0 Å². The van der Waals surface area contributed by atoms with Crippen LogP contribution in [0.1, 0.15) is 24.8 Å². The van der Waals surface area contributed by atoms with E-state index in [9.17, 15) is 9.59 Å². The number of likely N-dealkylation sites (tertiary alicyclic amines) is 1. The van der Waals surface area contributed by atoms with Crippen molar-refractivity contribution in [1.29, 1.82) is 0 Å². The fraction of sp³-hybridized carbons (Fsp3) is 0.500. The number of para-hydroxylation sites is 1. The summed E-state index contributed by atoms with van der Waals surface area (Å²) >= 11 is 0. The minimum atomic E-state index is 0.139. The number of H-pyrrole nitrogens is 1. The quantitative estimate of drug-likeness (QED) is 0.901. The largest absolute Gasteiger partial charge is 0.361 e. The number of carbonyl (C=O) groups excluding carboxylic acids is 2. The number of amides is 3. The molecule has 0 atom stereocenters. The van der Waals surface area contributed by atoms with Gasteiger partial charge in [0.15, 0.2) is 0 Å². The molecule has 0 radical (unpaired) electrons. The Labute approximate surface area is 153 Å². The number of nitrogens with zero attached hydrogens (tertiary/aromatic N) is 3. The Hall–Kier alpha value is -2.50. The van der Waals surface area contributed by atoms with Gasteiger partial charge in [0.2, 0.25) is 5.91 Å². The summed E-state index contributed by atoms with van der Waals surface area (Å²) in [5.41, 5.74) is 2.10. The van der Waals surface area contributed by atoms with Gasteiger partial charge in [-0.15, -0.1) is 0 Å². The third-order valence-electron chi connectivity index (χ3n) is 5.55. The zero-order valence-electron chi connectivity index (χ0n) is 15.1. The lowest BCUT2D eigenvalue weighted by atomic mass is 10.1. The normalized spacial score (nSPS) is 18.4. The minimum Gasteiger partial charge on any atom is -0.361 e. The summed E-state index contributed by atoms with van der Waals surface area (Å²) < 4.78 is 0. The number of fused-ring (bicyclic) bond motifs is 1. The molecule has 2 aliphatic rings. The van der Waals surface area contributed by atoms with Crippen molar-refractivity contribution in [2.24, 2.45) is 0 Å². The Kier molecular flexibility index (Phi) is 4.82. The van der Waals surface area contributed by atoms with Gasteiger partial charge in [-0.2, -0.15) is 0 Å². The van der Waals surface area contributed by atoms with Gasteiger partial charge in [-0.1, -0.05) is 18.2 Å². The van der Waals surface area contributed by atoms with Crippen molar-refractivity contribution in [2.45, 2.75) is 25.7 Å². The second kappa shape index (κ2) is 7.40. The van der Waals surface area contributed by atoms with E-state index in [1.165, 1.54) is 6.42 Å². The molecule has 2 aliphatic heterocycles. The number of hydrogen-bond acceptors (Lipinski definition) is 2. The lowest BCUT2D eigenvalue weighted by Crippen LogP contribution is -2.54. The van der Waals surface area contributed by atoms with Gasteiger partial charge in [0.1, 0.15) is 0 Å². The molecule has 26 heavy (non-hydrogen) atoms. The summed E-state index contributed by atoms with van der Waals surface area (Å²) in [5.74, 6) is 0.139. The Bertz CT molecular complexity index is 786. The highest BCUT2D eigenvalue weighted by Crippen LogP contribution is 2.19. The molecule has 0 spiro atoms. The second-order valence-corrected chi connectivity index (χ2v) is 7.23. The van der Waals surface area contributed by atoms with Crippen molar-refractivity contribution in [3.05, 3.63) is 36.0 Å². The van der Waals surface area contributed by atoms with E-state index in [0.29, 0.717) is 32.6 Å². The Morgan fingerprint density at radius 3 is 2.27 bits per heavy atom. The van der Waals surface area contributed by atoms with Gasteiger partial charge >= 0.3 is 6.03 Å². The van der Waals surface area contributed by atoms with Crippen LogP contribution in [-0.2, 0) is 11.2 Å². The monoisotopic (exact) mass is 354 g/mol. The molecule has 1 aromatic heterocycles. The number of nitrogens with one attached hydrogen (secondary N) is 1. The lowest BCUT2D eigenvalue weighted by Gasteiger charge is -2.38. The van der Waals surface area contributed by atoms with Crippen LogP contribution in [0.25, 0.3) is 10.9 Å². The van der Waals surface area contributed by atoms with Crippen molar-refractivity contribution in [2.75, 3.05) is 39.3 Å². The van der Waals surface area contributed by atoms with Crippen LogP contribution in [0, 0.1) is 0 Å². The van der Waals surface area contributed by atoms with Gasteiger partial charge in [0.05, 0.1) is 6.42 Å². The number of hydrogen-bond donors (Lipinski definition) is 1. The predicted molar refractivity (Wildman–Crippen MR) is 101 cm³/mol. The molecule has 6 nitrogen and oxygen atoms in total. The number of aromatic nitrogens is 1. The van der Waals surface area contributed by atoms with Crippen LogP contribution < -0.4 is 0 Å². The molecule has 3 heterocycles. The highest BCUT2D eigenvalue weighted by atomic mass is 16.2. The first kappa shape index (κ1) is 16.9. The van der Waals surface area contributed by atoms with E-state index >= 15 is 0 Å². The van der Waals surface area contributed by atoms with Crippen molar-refractivity contribution in [1.82, 2.24) is 19.7 Å². The molecule has 1 N–H and O–H groups in total. The van der Waals surface area contributed by atoms with Gasteiger partial charge in [0, 0.05) is 56.4 Å². The second-order valence-electron chi connectivity index (χ2n) is 7.23. The van der Waals surface area contributed by atoms with Crippen LogP contribution in [0.15, 0.2) is 30.5 Å². The summed E-state index contributed by atoms with van der Waals surface area (Å²) in [6.07, 6.45) is 5.77. The summed E-state index contributed by atoms with van der Waals surface area (Å²) in [4.78, 5) is 34.2. The minimum absolute atomic E-state index is 0.139. The van der Waals surface area contributed by atoms with Crippen molar-refractivity contribution in [3.8, 4) is 0 Å². The van der Waals surface area contributed by atoms with Crippen molar-refractivity contribution >= 4 is 22.8 Å². The first-order chi connectivity index (χ1) is 12.7. The maximum absolute atomic E-state index is 12.7. The third kappa shape index (κ3) is 3.41. The number of rotatable bonds is 2. The van der Waals surface area contributed by atoms with Crippen LogP contribution in [0.4, 0.5) is 4.79 Å². The van der Waals surface area contributed by atoms with Gasteiger partial charge in [-0.25, -0.2) is 4.79 Å². The highest BCUT2D eigenvalue weighted by Gasteiger charge is 2.28. The summed E-state index contributed by atoms with van der Waals surface area (Å²) in [6, 6.07) is 8.20. The van der Waals surface area contributed by atoms with E-state index in [0.717, 1.165) is 42.4 Å². The standard InChI is InChI=1S/C20H26N4O2/c25-19(14-16-15-21-18-7-3-2-6-17(16)18)22-10-12-24(13-11-22)20(26)23-8-4-1-5-9-23/h2-3,6-7,15,21H,1,4-5,8-14H2. The van der Waals surface area contributed by atoms with Crippen LogP contribution >= 0.6 is 0 Å². The first-order valence-corrected chi connectivity index (χ1v) is 9.59. The molecule has 0 bridgehead atoms. The summed E-state index contributed by atoms with van der Waals surface area (Å²) in [7, 11) is 0. The Morgan fingerprint density at radius 1 is 0.846 bits per heavy atom. The number of piperazine rings is 1. The van der Waals surface area contributed by atoms with Gasteiger partial charge in [-0.05, 0) is 30.9 Å². The predicted octanol–water partition coefficient (Wildman–Crippen LogP) is 2.46. The van der Waals surface area contributed by atoms with Crippen LogP contribution in [0.5, 0.6) is 0 Å². The molecular formula is C20H26N4O2. The number of piperidine rings is 1. The smallest absolute Gasteiger partial charge is 0.320 e. The SMILES string of the molecule is O=C(Cc1c[nH]c2ccccc12)N1CCN(C(=O)N2CCCCC2)CC1. The van der Waals surface area contributed by atoms with Crippen molar-refractivity contribution in [3.63, 3.8) is 0 Å². The maximum atomic E-state index is 12.7. The number of carbonyl (C=O) groups is 2. The third-order valence-corrected chi connectivity index (χ3v) is 5.55. The molecule has 0 aliphatic carbocycles. The summed E-state index contributed by atoms with van der Waals surface area (Å²) in [6.45, 7) is 4.27. The van der Waals surface area contributed by atoms with Gasteiger partial charge in [0.25, 0.3) is 0 Å². The molecule has 0 unspecified atom stereocenters. The van der Waals surface area contributed by atoms with E-state index in [1.807, 2.05) is 45.2 Å². The highest BCUT2D eigenvalue weighted by molar-refractivity contribution is 5.89. The molecule has 3 amide bonds. The molecular weight excluding hydrogens is 328 g/mol. The van der Waals surface area contributed by atoms with E-state index in [4.69, 9.17) is 0 Å². The van der Waals surface area contributed by atoms with Crippen LogP contribution in [-0.4, -0.2) is 70.9 Å². The van der Waals surface area contributed by atoms with E-state index in [1.54, 1.807) is 0 Å². The average molecular weight is 354 g/mol. The molecule has 138 valence electrons.